The predicted octanol–water partition coefficient (Wildman–Crippen LogP) is 4.12. The van der Waals surface area contributed by atoms with Crippen LogP contribution in [0, 0.1) is 0 Å². The standard InChI is InChI=1S/C29H37N7O3/c1-3-30-26-24(27(37)31-16-19-36-17-5-4-6-18-36)13-14-25(35-26)21-9-11-23(12-10-21)34-29(38)33-20-22-8-7-15-32-28(22)39-2/h7-15H,3-6,16-20H2,1-2H3,(H,30,35)(H,31,37)(H2,33,34,38). The summed E-state index contributed by atoms with van der Waals surface area (Å²) in [6, 6.07) is 14.4. The van der Waals surface area contributed by atoms with Gasteiger partial charge in [-0.3, -0.25) is 4.79 Å². The van der Waals surface area contributed by atoms with Crippen LogP contribution in [-0.4, -0.2) is 66.6 Å². The average molecular weight is 532 g/mol. The number of nitrogens with zero attached hydrogens (tertiary/aromatic N) is 3. The van der Waals surface area contributed by atoms with Gasteiger partial charge in [0.1, 0.15) is 5.82 Å². The summed E-state index contributed by atoms with van der Waals surface area (Å²) >= 11 is 0. The summed E-state index contributed by atoms with van der Waals surface area (Å²) in [4.78, 5) is 36.5. The van der Waals surface area contributed by atoms with Gasteiger partial charge in [0, 0.05) is 49.2 Å². The van der Waals surface area contributed by atoms with Crippen molar-refractivity contribution in [2.24, 2.45) is 0 Å². The summed E-state index contributed by atoms with van der Waals surface area (Å²) in [5.41, 5.74) is 3.56. The van der Waals surface area contributed by atoms with Crippen LogP contribution in [0.2, 0.25) is 0 Å². The van der Waals surface area contributed by atoms with Gasteiger partial charge in [-0.15, -0.1) is 0 Å². The molecular formula is C29H37N7O3. The van der Waals surface area contributed by atoms with Crippen molar-refractivity contribution in [2.45, 2.75) is 32.7 Å². The van der Waals surface area contributed by atoms with Gasteiger partial charge in [0.05, 0.1) is 18.4 Å². The third-order valence-electron chi connectivity index (χ3n) is 6.57. The highest BCUT2D eigenvalue weighted by Crippen LogP contribution is 2.24. The minimum Gasteiger partial charge on any atom is -0.481 e. The number of piperidine rings is 1. The number of methoxy groups -OCH3 is 1. The second-order valence-electron chi connectivity index (χ2n) is 9.34. The molecule has 2 aromatic heterocycles. The van der Waals surface area contributed by atoms with E-state index in [9.17, 15) is 9.59 Å². The smallest absolute Gasteiger partial charge is 0.319 e. The maximum atomic E-state index is 12.9. The summed E-state index contributed by atoms with van der Waals surface area (Å²) in [6.45, 7) is 6.60. The lowest BCUT2D eigenvalue weighted by molar-refractivity contribution is 0.0947. The van der Waals surface area contributed by atoms with E-state index >= 15 is 0 Å². The molecule has 206 valence electrons. The topological polar surface area (TPSA) is 121 Å². The van der Waals surface area contributed by atoms with Crippen LogP contribution >= 0.6 is 0 Å². The van der Waals surface area contributed by atoms with Gasteiger partial charge in [0.25, 0.3) is 5.91 Å². The fourth-order valence-corrected chi connectivity index (χ4v) is 4.53. The van der Waals surface area contributed by atoms with Crippen LogP contribution in [0.1, 0.15) is 42.1 Å². The van der Waals surface area contributed by atoms with E-state index in [4.69, 9.17) is 9.72 Å². The zero-order chi connectivity index (χ0) is 27.5. The van der Waals surface area contributed by atoms with E-state index in [2.05, 4.69) is 31.2 Å². The number of nitrogens with one attached hydrogen (secondary N) is 4. The Morgan fingerprint density at radius 2 is 1.79 bits per heavy atom. The van der Waals surface area contributed by atoms with Crippen LogP contribution < -0.4 is 26.0 Å². The van der Waals surface area contributed by atoms with Gasteiger partial charge in [-0.1, -0.05) is 24.6 Å². The normalized spacial score (nSPS) is 13.4. The van der Waals surface area contributed by atoms with Crippen molar-refractivity contribution in [3.05, 3.63) is 65.9 Å². The Balaban J connectivity index is 1.34. The molecule has 0 atom stereocenters. The first-order valence-electron chi connectivity index (χ1n) is 13.5. The van der Waals surface area contributed by atoms with Gasteiger partial charge < -0.3 is 30.9 Å². The van der Waals surface area contributed by atoms with E-state index < -0.39 is 0 Å². The van der Waals surface area contributed by atoms with Gasteiger partial charge in [-0.2, -0.15) is 0 Å². The molecule has 1 aromatic carbocycles. The molecule has 0 saturated carbocycles. The summed E-state index contributed by atoms with van der Waals surface area (Å²) in [6.07, 6.45) is 5.40. The predicted molar refractivity (Wildman–Crippen MR) is 153 cm³/mol. The Morgan fingerprint density at radius 1 is 1.00 bits per heavy atom. The van der Waals surface area contributed by atoms with Gasteiger partial charge in [0.2, 0.25) is 5.88 Å². The van der Waals surface area contributed by atoms with Crippen LogP contribution in [0.5, 0.6) is 5.88 Å². The molecule has 3 heterocycles. The highest BCUT2D eigenvalue weighted by molar-refractivity contribution is 5.99. The van der Waals surface area contributed by atoms with E-state index in [0.29, 0.717) is 36.0 Å². The number of carbonyl (C=O) groups is 2. The van der Waals surface area contributed by atoms with Gasteiger partial charge in [-0.05, 0) is 63.2 Å². The van der Waals surface area contributed by atoms with Crippen molar-refractivity contribution < 1.29 is 14.3 Å². The second kappa shape index (κ2) is 14.1. The fraction of sp³-hybridized carbons (Fsp3) is 0.379. The van der Waals surface area contributed by atoms with Gasteiger partial charge in [-0.25, -0.2) is 14.8 Å². The van der Waals surface area contributed by atoms with E-state index in [1.54, 1.807) is 19.4 Å². The SMILES string of the molecule is CCNc1nc(-c2ccc(NC(=O)NCc3cccnc3OC)cc2)ccc1C(=O)NCCN1CCCCC1. The zero-order valence-corrected chi connectivity index (χ0v) is 22.6. The number of rotatable bonds is 11. The Kier molecular flexibility index (Phi) is 10.1. The monoisotopic (exact) mass is 531 g/mol. The lowest BCUT2D eigenvalue weighted by atomic mass is 10.1. The second-order valence-corrected chi connectivity index (χ2v) is 9.34. The van der Waals surface area contributed by atoms with Crippen LogP contribution in [0.15, 0.2) is 54.7 Å². The van der Waals surface area contributed by atoms with Crippen LogP contribution in [-0.2, 0) is 6.54 Å². The molecule has 10 heteroatoms. The first-order valence-corrected chi connectivity index (χ1v) is 13.5. The molecule has 3 aromatic rings. The fourth-order valence-electron chi connectivity index (χ4n) is 4.53. The Bertz CT molecular complexity index is 1240. The number of aromatic nitrogens is 2. The summed E-state index contributed by atoms with van der Waals surface area (Å²) in [5.74, 6) is 0.905. The number of benzene rings is 1. The molecule has 1 fully saturated rings. The molecule has 39 heavy (non-hydrogen) atoms. The molecule has 0 bridgehead atoms. The molecule has 1 saturated heterocycles. The van der Waals surface area contributed by atoms with E-state index in [1.807, 2.05) is 49.4 Å². The Hall–Kier alpha value is -4.18. The zero-order valence-electron chi connectivity index (χ0n) is 22.6. The minimum atomic E-state index is -0.336. The largest absolute Gasteiger partial charge is 0.481 e. The quantitative estimate of drug-likeness (QED) is 0.294. The maximum Gasteiger partial charge on any atom is 0.319 e. The van der Waals surface area contributed by atoms with Crippen molar-refractivity contribution in [1.29, 1.82) is 0 Å². The van der Waals surface area contributed by atoms with Crippen LogP contribution in [0.3, 0.4) is 0 Å². The van der Waals surface area contributed by atoms with E-state index in [0.717, 1.165) is 36.5 Å². The third-order valence-corrected chi connectivity index (χ3v) is 6.57. The summed E-state index contributed by atoms with van der Waals surface area (Å²) in [5, 5.41) is 11.9. The number of hydrogen-bond acceptors (Lipinski definition) is 7. The molecule has 4 rings (SSSR count). The van der Waals surface area contributed by atoms with Crippen molar-refractivity contribution in [3.63, 3.8) is 0 Å². The number of ether oxygens (including phenoxy) is 1. The highest BCUT2D eigenvalue weighted by Gasteiger charge is 2.15. The molecule has 1 aliphatic rings. The number of hydrogen-bond donors (Lipinski definition) is 4. The lowest BCUT2D eigenvalue weighted by Crippen LogP contribution is -2.37. The van der Waals surface area contributed by atoms with Crippen LogP contribution in [0.4, 0.5) is 16.3 Å². The molecule has 10 nitrogen and oxygen atoms in total. The van der Waals surface area contributed by atoms with Crippen LogP contribution in [0.25, 0.3) is 11.3 Å². The molecule has 3 amide bonds. The first kappa shape index (κ1) is 27.8. The molecule has 0 aliphatic carbocycles. The molecule has 4 N–H and O–H groups in total. The average Bonchev–Trinajstić information content (AvgIpc) is 2.97. The summed E-state index contributed by atoms with van der Waals surface area (Å²) < 4.78 is 5.22. The Morgan fingerprint density at radius 3 is 2.54 bits per heavy atom. The van der Waals surface area contributed by atoms with Crippen molar-refractivity contribution >= 4 is 23.4 Å². The number of pyridine rings is 2. The first-order chi connectivity index (χ1) is 19.1. The molecular weight excluding hydrogens is 494 g/mol. The number of carbonyl (C=O) groups excluding carboxylic acids is 2. The van der Waals surface area contributed by atoms with Crippen molar-refractivity contribution in [1.82, 2.24) is 25.5 Å². The van der Waals surface area contributed by atoms with Crippen molar-refractivity contribution in [2.75, 3.05) is 50.5 Å². The number of likely N-dealkylation sites (tertiary alicyclic amines) is 1. The third kappa shape index (κ3) is 7.90. The van der Waals surface area contributed by atoms with E-state index in [1.165, 1.54) is 19.3 Å². The van der Waals surface area contributed by atoms with Gasteiger partial charge in [0.15, 0.2) is 0 Å². The lowest BCUT2D eigenvalue weighted by Gasteiger charge is -2.26. The number of urea groups is 1. The minimum absolute atomic E-state index is 0.128. The molecule has 1 aliphatic heterocycles. The van der Waals surface area contributed by atoms with E-state index in [-0.39, 0.29) is 18.5 Å². The summed E-state index contributed by atoms with van der Waals surface area (Å²) in [7, 11) is 1.54. The number of anilines is 2. The Labute approximate surface area is 229 Å². The maximum absolute atomic E-state index is 12.9. The molecule has 0 unspecified atom stereocenters. The highest BCUT2D eigenvalue weighted by atomic mass is 16.5. The van der Waals surface area contributed by atoms with Crippen molar-refractivity contribution in [3.8, 4) is 17.1 Å². The molecule has 0 radical (unpaired) electrons. The molecule has 0 spiro atoms. The number of amides is 3. The van der Waals surface area contributed by atoms with Gasteiger partial charge >= 0.3 is 6.03 Å².